The minimum atomic E-state index is -0.573. The molecule has 3 aromatic carbocycles. The van der Waals surface area contributed by atoms with Gasteiger partial charge in [-0.05, 0) is 46.4 Å². The van der Waals surface area contributed by atoms with E-state index in [0.29, 0.717) is 11.1 Å². The van der Waals surface area contributed by atoms with Crippen molar-refractivity contribution in [3.05, 3.63) is 95.6 Å². The number of carbonyl (C=O) groups is 2. The summed E-state index contributed by atoms with van der Waals surface area (Å²) >= 11 is 0. The summed E-state index contributed by atoms with van der Waals surface area (Å²) in [6.07, 6.45) is 0. The molecule has 0 bridgehead atoms. The van der Waals surface area contributed by atoms with E-state index >= 15 is 0 Å². The predicted octanol–water partition coefficient (Wildman–Crippen LogP) is 4.99. The fourth-order valence-corrected chi connectivity index (χ4v) is 3.35. The van der Waals surface area contributed by atoms with E-state index in [2.05, 4.69) is 5.32 Å². The molecule has 2 amide bonds. The molecule has 0 aliphatic heterocycles. The van der Waals surface area contributed by atoms with Crippen LogP contribution in [0.15, 0.2) is 78.9 Å². The molecule has 3 rings (SSSR count). The maximum absolute atomic E-state index is 12.9. The quantitative estimate of drug-likeness (QED) is 0.416. The summed E-state index contributed by atoms with van der Waals surface area (Å²) in [5.41, 5.74) is 5.33. The Labute approximate surface area is 176 Å². The minimum absolute atomic E-state index is 0.160. The van der Waals surface area contributed by atoms with E-state index in [4.69, 9.17) is 5.21 Å². The van der Waals surface area contributed by atoms with E-state index < -0.39 is 5.91 Å². The number of rotatable bonds is 5. The monoisotopic (exact) mass is 402 g/mol. The number of hydroxylamine groups is 1. The molecule has 0 saturated carbocycles. The van der Waals surface area contributed by atoms with Gasteiger partial charge in [0, 0.05) is 11.1 Å². The highest BCUT2D eigenvalue weighted by Gasteiger charge is 2.28. The summed E-state index contributed by atoms with van der Waals surface area (Å²) in [7, 11) is 0. The summed E-state index contributed by atoms with van der Waals surface area (Å²) in [6.45, 7) is 6.14. The standard InChI is InChI=1S/C25H26N2O3/c1-25(2,3)22(19-11-15-21(16-12-19)24(29)27-30)26-23(28)20-13-9-18(10-14-20)17-7-5-4-6-8-17/h4-16,22,30H,1-3H3,(H,26,28)(H,27,29). The van der Waals surface area contributed by atoms with Crippen LogP contribution in [0.4, 0.5) is 0 Å². The van der Waals surface area contributed by atoms with Crippen molar-refractivity contribution in [3.8, 4) is 11.1 Å². The minimum Gasteiger partial charge on any atom is -0.345 e. The van der Waals surface area contributed by atoms with Gasteiger partial charge >= 0.3 is 0 Å². The zero-order chi connectivity index (χ0) is 21.7. The highest BCUT2D eigenvalue weighted by atomic mass is 16.5. The second-order valence-electron chi connectivity index (χ2n) is 8.28. The zero-order valence-electron chi connectivity index (χ0n) is 17.3. The summed E-state index contributed by atoms with van der Waals surface area (Å²) in [6, 6.07) is 24.1. The van der Waals surface area contributed by atoms with Crippen LogP contribution < -0.4 is 10.8 Å². The van der Waals surface area contributed by atoms with Crippen molar-refractivity contribution in [1.29, 1.82) is 0 Å². The smallest absolute Gasteiger partial charge is 0.274 e. The topological polar surface area (TPSA) is 78.4 Å². The Balaban J connectivity index is 1.80. The molecule has 5 nitrogen and oxygen atoms in total. The van der Waals surface area contributed by atoms with Gasteiger partial charge in [-0.3, -0.25) is 14.8 Å². The van der Waals surface area contributed by atoms with Gasteiger partial charge in [-0.1, -0.05) is 75.4 Å². The third kappa shape index (κ3) is 4.93. The maximum Gasteiger partial charge on any atom is 0.274 e. The van der Waals surface area contributed by atoms with Gasteiger partial charge < -0.3 is 5.32 Å². The van der Waals surface area contributed by atoms with E-state index in [1.54, 1.807) is 29.7 Å². The van der Waals surface area contributed by atoms with Crippen LogP contribution in [0.2, 0.25) is 0 Å². The lowest BCUT2D eigenvalue weighted by atomic mass is 9.82. The van der Waals surface area contributed by atoms with Crippen molar-refractivity contribution in [3.63, 3.8) is 0 Å². The molecule has 1 atom stereocenters. The first-order chi connectivity index (χ1) is 14.3. The van der Waals surface area contributed by atoms with Crippen LogP contribution in [-0.2, 0) is 0 Å². The Bertz CT molecular complexity index is 1010. The summed E-state index contributed by atoms with van der Waals surface area (Å²) in [5.74, 6) is -0.733. The highest BCUT2D eigenvalue weighted by molar-refractivity contribution is 5.95. The number of hydrogen-bond donors (Lipinski definition) is 3. The first-order valence-corrected chi connectivity index (χ1v) is 9.80. The van der Waals surface area contributed by atoms with Gasteiger partial charge in [0.25, 0.3) is 11.8 Å². The maximum atomic E-state index is 12.9. The number of nitrogens with one attached hydrogen (secondary N) is 2. The van der Waals surface area contributed by atoms with Gasteiger partial charge in [-0.15, -0.1) is 0 Å². The summed E-state index contributed by atoms with van der Waals surface area (Å²) in [4.78, 5) is 24.5. The largest absolute Gasteiger partial charge is 0.345 e. The van der Waals surface area contributed by atoms with Crippen LogP contribution in [0.3, 0.4) is 0 Å². The lowest BCUT2D eigenvalue weighted by Crippen LogP contribution is -2.36. The molecular weight excluding hydrogens is 376 g/mol. The Morgan fingerprint density at radius 2 is 1.23 bits per heavy atom. The van der Waals surface area contributed by atoms with Crippen LogP contribution >= 0.6 is 0 Å². The second-order valence-corrected chi connectivity index (χ2v) is 8.28. The van der Waals surface area contributed by atoms with Gasteiger partial charge in [0.1, 0.15) is 0 Å². The predicted molar refractivity (Wildman–Crippen MR) is 117 cm³/mol. The van der Waals surface area contributed by atoms with Crippen molar-refractivity contribution in [2.45, 2.75) is 26.8 Å². The number of carbonyl (C=O) groups excluding carboxylic acids is 2. The van der Waals surface area contributed by atoms with Gasteiger partial charge in [0.05, 0.1) is 6.04 Å². The van der Waals surface area contributed by atoms with Crippen LogP contribution in [0.25, 0.3) is 11.1 Å². The zero-order valence-corrected chi connectivity index (χ0v) is 17.3. The lowest BCUT2D eigenvalue weighted by molar-refractivity contribution is 0.0706. The molecule has 0 aliphatic rings. The molecule has 0 fully saturated rings. The van der Waals surface area contributed by atoms with E-state index in [1.165, 1.54) is 0 Å². The molecule has 5 heteroatoms. The molecule has 3 aromatic rings. The molecule has 0 spiro atoms. The van der Waals surface area contributed by atoms with Gasteiger partial charge in [0.15, 0.2) is 0 Å². The third-order valence-corrected chi connectivity index (χ3v) is 5.00. The average molecular weight is 402 g/mol. The fourth-order valence-electron chi connectivity index (χ4n) is 3.35. The van der Waals surface area contributed by atoms with Crippen molar-refractivity contribution in [2.75, 3.05) is 0 Å². The van der Waals surface area contributed by atoms with E-state index in [9.17, 15) is 9.59 Å². The Kier molecular flexibility index (Phi) is 6.33. The Morgan fingerprint density at radius 3 is 1.77 bits per heavy atom. The van der Waals surface area contributed by atoms with Crippen molar-refractivity contribution in [1.82, 2.24) is 10.8 Å². The molecule has 30 heavy (non-hydrogen) atoms. The van der Waals surface area contributed by atoms with Gasteiger partial charge in [-0.25, -0.2) is 5.48 Å². The molecule has 0 heterocycles. The van der Waals surface area contributed by atoms with Crippen molar-refractivity contribution in [2.24, 2.45) is 5.41 Å². The van der Waals surface area contributed by atoms with E-state index in [1.807, 2.05) is 75.4 Å². The third-order valence-electron chi connectivity index (χ3n) is 5.00. The molecule has 1 unspecified atom stereocenters. The highest BCUT2D eigenvalue weighted by Crippen LogP contribution is 2.33. The van der Waals surface area contributed by atoms with Crippen molar-refractivity contribution >= 4 is 11.8 Å². The number of hydrogen-bond acceptors (Lipinski definition) is 3. The number of benzene rings is 3. The first-order valence-electron chi connectivity index (χ1n) is 9.80. The number of amides is 2. The molecule has 0 aromatic heterocycles. The lowest BCUT2D eigenvalue weighted by Gasteiger charge is -2.32. The van der Waals surface area contributed by atoms with Gasteiger partial charge in [-0.2, -0.15) is 0 Å². The molecular formula is C25H26N2O3. The molecule has 0 saturated heterocycles. The van der Waals surface area contributed by atoms with E-state index in [0.717, 1.165) is 16.7 Å². The van der Waals surface area contributed by atoms with Gasteiger partial charge in [0.2, 0.25) is 0 Å². The average Bonchev–Trinajstić information content (AvgIpc) is 2.77. The van der Waals surface area contributed by atoms with Crippen LogP contribution in [0.5, 0.6) is 0 Å². The molecule has 3 N–H and O–H groups in total. The normalized spacial score (nSPS) is 12.1. The van der Waals surface area contributed by atoms with E-state index in [-0.39, 0.29) is 17.4 Å². The van der Waals surface area contributed by atoms with Crippen LogP contribution in [0, 0.1) is 5.41 Å². The van der Waals surface area contributed by atoms with Crippen LogP contribution in [0.1, 0.15) is 53.1 Å². The SMILES string of the molecule is CC(C)(C)C(NC(=O)c1ccc(-c2ccccc2)cc1)c1ccc(C(=O)NO)cc1. The fraction of sp³-hybridized carbons (Fsp3) is 0.200. The summed E-state index contributed by atoms with van der Waals surface area (Å²) in [5, 5.41) is 11.9. The second kappa shape index (κ2) is 8.93. The van der Waals surface area contributed by atoms with Crippen LogP contribution in [-0.4, -0.2) is 17.0 Å². The molecule has 0 radical (unpaired) electrons. The molecule has 0 aliphatic carbocycles. The van der Waals surface area contributed by atoms with Crippen molar-refractivity contribution < 1.29 is 14.8 Å². The molecule has 154 valence electrons. The Morgan fingerprint density at radius 1 is 0.733 bits per heavy atom. The Hall–Kier alpha value is -3.44. The first kappa shape index (κ1) is 21.3. The summed E-state index contributed by atoms with van der Waals surface area (Å²) < 4.78 is 0.